The first kappa shape index (κ1) is 24.6. The second kappa shape index (κ2) is 10.5. The highest BCUT2D eigenvalue weighted by Gasteiger charge is 2.29. The van der Waals surface area contributed by atoms with Crippen molar-refractivity contribution in [1.29, 1.82) is 0 Å². The van der Waals surface area contributed by atoms with E-state index in [-0.39, 0.29) is 41.8 Å². The molecule has 1 fully saturated rings. The maximum Gasteiger partial charge on any atom is 0.323 e. The molecule has 2 aromatic carbocycles. The van der Waals surface area contributed by atoms with Gasteiger partial charge < -0.3 is 24.8 Å². The molecule has 3 N–H and O–H groups in total. The number of halogens is 1. The number of rotatable bonds is 7. The van der Waals surface area contributed by atoms with E-state index in [2.05, 4.69) is 25.9 Å². The van der Waals surface area contributed by atoms with Gasteiger partial charge in [-0.15, -0.1) is 5.10 Å². The number of β-amino-alcohol motifs (C(OH)–C–C–N with tert-alkyl or cyclic N) is 1. The molecule has 3 heterocycles. The molecule has 0 spiro atoms. The smallest absolute Gasteiger partial charge is 0.323 e. The van der Waals surface area contributed by atoms with Crippen LogP contribution in [0.4, 0.5) is 20.7 Å². The lowest BCUT2D eigenvalue weighted by molar-refractivity contribution is 0.0308. The van der Waals surface area contributed by atoms with Gasteiger partial charge in [0, 0.05) is 24.0 Å². The number of aromatic nitrogens is 4. The lowest BCUT2D eigenvalue weighted by Crippen LogP contribution is -2.54. The summed E-state index contributed by atoms with van der Waals surface area (Å²) >= 11 is 0. The van der Waals surface area contributed by atoms with Crippen LogP contribution >= 0.6 is 0 Å². The Morgan fingerprint density at radius 1 is 1.05 bits per heavy atom. The van der Waals surface area contributed by atoms with Crippen LogP contribution in [-0.2, 0) is 0 Å². The van der Waals surface area contributed by atoms with E-state index in [1.165, 1.54) is 46.2 Å². The standard InChI is InChI=1S/C25H22FN7O5/c1-37-18-5-3-16(4-6-18)33-14-21(30-31-33)24(35)28-15-2-7-22(20(26)10-15)38-19-8-9-27-23(11-19)29-25(36)32-12-17(34)13-32/h2-11,14,17,34H,12-13H2,1H3,(H,28,35)(H,27,29,36). The van der Waals surface area contributed by atoms with Crippen molar-refractivity contribution >= 4 is 23.4 Å². The third-order valence-corrected chi connectivity index (χ3v) is 5.60. The van der Waals surface area contributed by atoms with E-state index in [0.29, 0.717) is 11.4 Å². The summed E-state index contributed by atoms with van der Waals surface area (Å²) < 4.78 is 26.9. The number of pyridine rings is 1. The summed E-state index contributed by atoms with van der Waals surface area (Å²) in [5.41, 5.74) is 0.919. The second-order valence-corrected chi connectivity index (χ2v) is 8.31. The van der Waals surface area contributed by atoms with Crippen molar-refractivity contribution in [1.82, 2.24) is 24.9 Å². The van der Waals surface area contributed by atoms with Crippen molar-refractivity contribution in [2.24, 2.45) is 0 Å². The Balaban J connectivity index is 1.21. The van der Waals surface area contributed by atoms with Gasteiger partial charge in [0.1, 0.15) is 17.3 Å². The van der Waals surface area contributed by atoms with Crippen LogP contribution < -0.4 is 20.1 Å². The first-order valence-electron chi connectivity index (χ1n) is 11.4. The highest BCUT2D eigenvalue weighted by Crippen LogP contribution is 2.28. The number of nitrogens with zero attached hydrogens (tertiary/aromatic N) is 5. The first-order chi connectivity index (χ1) is 18.4. The van der Waals surface area contributed by atoms with Crippen LogP contribution in [0.5, 0.6) is 17.2 Å². The van der Waals surface area contributed by atoms with Gasteiger partial charge in [0.25, 0.3) is 5.91 Å². The van der Waals surface area contributed by atoms with Crippen molar-refractivity contribution in [2.45, 2.75) is 6.10 Å². The van der Waals surface area contributed by atoms with E-state index in [1.807, 2.05) is 0 Å². The molecule has 0 saturated carbocycles. The average Bonchev–Trinajstić information content (AvgIpc) is 3.39. The number of urea groups is 1. The maximum atomic E-state index is 14.7. The number of hydrogen-bond acceptors (Lipinski definition) is 8. The number of aliphatic hydroxyl groups is 1. The number of likely N-dealkylation sites (tertiary alicyclic amines) is 1. The normalized spacial score (nSPS) is 13.0. The minimum atomic E-state index is -0.721. The van der Waals surface area contributed by atoms with E-state index >= 15 is 0 Å². The summed E-state index contributed by atoms with van der Waals surface area (Å²) in [4.78, 5) is 30.2. The summed E-state index contributed by atoms with van der Waals surface area (Å²) in [5, 5.41) is 22.3. The molecule has 2 aromatic heterocycles. The molecular formula is C25H22FN7O5. The van der Waals surface area contributed by atoms with Gasteiger partial charge in [-0.2, -0.15) is 0 Å². The molecule has 12 nitrogen and oxygen atoms in total. The van der Waals surface area contributed by atoms with Gasteiger partial charge in [-0.1, -0.05) is 5.21 Å². The van der Waals surface area contributed by atoms with Gasteiger partial charge in [-0.05, 0) is 42.5 Å². The lowest BCUT2D eigenvalue weighted by atomic mass is 10.2. The SMILES string of the molecule is COc1ccc(-n2cc(C(=O)Nc3ccc(Oc4ccnc(NC(=O)N5CC(O)C5)c4)c(F)c3)nn2)cc1. The minimum absolute atomic E-state index is 0.0423. The van der Waals surface area contributed by atoms with Crippen LogP contribution in [0.1, 0.15) is 10.5 Å². The van der Waals surface area contributed by atoms with E-state index < -0.39 is 23.9 Å². The lowest BCUT2D eigenvalue weighted by Gasteiger charge is -2.35. The third kappa shape index (κ3) is 5.52. The molecule has 1 saturated heterocycles. The number of amides is 3. The molecule has 194 valence electrons. The zero-order valence-electron chi connectivity index (χ0n) is 20.0. The van der Waals surface area contributed by atoms with Crippen molar-refractivity contribution in [3.63, 3.8) is 0 Å². The number of nitrogens with one attached hydrogen (secondary N) is 2. The predicted molar refractivity (Wildman–Crippen MR) is 133 cm³/mol. The molecule has 3 amide bonds. The molecule has 4 aromatic rings. The fourth-order valence-electron chi connectivity index (χ4n) is 3.57. The van der Waals surface area contributed by atoms with E-state index in [1.54, 1.807) is 31.4 Å². The number of hydrogen-bond donors (Lipinski definition) is 3. The summed E-state index contributed by atoms with van der Waals surface area (Å²) in [6.45, 7) is 0.494. The molecule has 0 unspecified atom stereocenters. The number of benzene rings is 2. The zero-order chi connectivity index (χ0) is 26.6. The molecule has 1 aliphatic rings. The quantitative estimate of drug-likeness (QED) is 0.338. The van der Waals surface area contributed by atoms with Crippen molar-refractivity contribution in [3.05, 3.63) is 78.5 Å². The molecule has 1 aliphatic heterocycles. The van der Waals surface area contributed by atoms with Crippen LogP contribution in [0.15, 0.2) is 67.0 Å². The molecule has 0 atom stereocenters. The van der Waals surface area contributed by atoms with Gasteiger partial charge in [-0.3, -0.25) is 10.1 Å². The summed E-state index contributed by atoms with van der Waals surface area (Å²) in [6.07, 6.45) is 2.34. The third-order valence-electron chi connectivity index (χ3n) is 5.60. The van der Waals surface area contributed by atoms with Crippen LogP contribution in [0.25, 0.3) is 5.69 Å². The van der Waals surface area contributed by atoms with Gasteiger partial charge in [0.05, 0.1) is 38.2 Å². The van der Waals surface area contributed by atoms with Crippen LogP contribution in [0, 0.1) is 5.82 Å². The van der Waals surface area contributed by atoms with E-state index in [0.717, 1.165) is 6.07 Å². The highest BCUT2D eigenvalue weighted by atomic mass is 19.1. The highest BCUT2D eigenvalue weighted by molar-refractivity contribution is 6.02. The largest absolute Gasteiger partial charge is 0.497 e. The van der Waals surface area contributed by atoms with Gasteiger partial charge in [-0.25, -0.2) is 18.9 Å². The number of carbonyl (C=O) groups is 2. The Labute approximate surface area is 215 Å². The fraction of sp³-hybridized carbons (Fsp3) is 0.160. The van der Waals surface area contributed by atoms with Crippen molar-refractivity contribution in [2.75, 3.05) is 30.8 Å². The second-order valence-electron chi connectivity index (χ2n) is 8.31. The summed E-state index contributed by atoms with van der Waals surface area (Å²) in [7, 11) is 1.56. The first-order valence-corrected chi connectivity index (χ1v) is 11.4. The molecule has 13 heteroatoms. The van der Waals surface area contributed by atoms with Crippen molar-refractivity contribution < 1.29 is 28.6 Å². The van der Waals surface area contributed by atoms with Crippen LogP contribution in [0.2, 0.25) is 0 Å². The van der Waals surface area contributed by atoms with Crippen LogP contribution in [0.3, 0.4) is 0 Å². The van der Waals surface area contributed by atoms with Crippen LogP contribution in [-0.4, -0.2) is 68.2 Å². The Morgan fingerprint density at radius 2 is 1.84 bits per heavy atom. The van der Waals surface area contributed by atoms with Gasteiger partial charge in [0.2, 0.25) is 0 Å². The number of anilines is 2. The monoisotopic (exact) mass is 519 g/mol. The summed E-state index contributed by atoms with van der Waals surface area (Å²) in [6, 6.07) is 13.5. The molecule has 38 heavy (non-hydrogen) atoms. The van der Waals surface area contributed by atoms with Gasteiger partial charge in [0.15, 0.2) is 17.3 Å². The Kier molecular flexibility index (Phi) is 6.82. The minimum Gasteiger partial charge on any atom is -0.497 e. The molecule has 0 aliphatic carbocycles. The number of carbonyl (C=O) groups excluding carboxylic acids is 2. The molecule has 0 bridgehead atoms. The zero-order valence-corrected chi connectivity index (χ0v) is 20.0. The average molecular weight is 519 g/mol. The molecule has 0 radical (unpaired) electrons. The Morgan fingerprint density at radius 3 is 2.55 bits per heavy atom. The van der Waals surface area contributed by atoms with Crippen molar-refractivity contribution in [3.8, 4) is 22.9 Å². The molecular weight excluding hydrogens is 497 g/mol. The predicted octanol–water partition coefficient (Wildman–Crippen LogP) is 3.06. The maximum absolute atomic E-state index is 14.7. The number of aliphatic hydroxyl groups excluding tert-OH is 1. The molecule has 5 rings (SSSR count). The fourth-order valence-corrected chi connectivity index (χ4v) is 3.57. The van der Waals surface area contributed by atoms with E-state index in [4.69, 9.17) is 9.47 Å². The topological polar surface area (TPSA) is 144 Å². The van der Waals surface area contributed by atoms with Gasteiger partial charge >= 0.3 is 6.03 Å². The Bertz CT molecular complexity index is 1470. The number of methoxy groups -OCH3 is 1. The number of ether oxygens (including phenoxy) is 2. The Hall–Kier alpha value is -5.04. The summed E-state index contributed by atoms with van der Waals surface area (Å²) in [5.74, 6) is -0.252. The van der Waals surface area contributed by atoms with E-state index in [9.17, 15) is 19.1 Å².